The van der Waals surface area contributed by atoms with Crippen LogP contribution in [0.3, 0.4) is 0 Å². The Labute approximate surface area is 184 Å². The Hall–Kier alpha value is -3.57. The monoisotopic (exact) mass is 458 g/mol. The minimum absolute atomic E-state index is 0.0977. The van der Waals surface area contributed by atoms with Crippen LogP contribution < -0.4 is 5.56 Å². The van der Waals surface area contributed by atoms with Gasteiger partial charge in [-0.15, -0.1) is 0 Å². The van der Waals surface area contributed by atoms with Gasteiger partial charge in [0, 0.05) is 10.9 Å². The second-order valence-corrected chi connectivity index (χ2v) is 7.49. The molecule has 0 saturated heterocycles. The molecule has 4 rings (SSSR count). The smallest absolute Gasteiger partial charge is 0.336 e. The van der Waals surface area contributed by atoms with Gasteiger partial charge in [0.15, 0.2) is 0 Å². The highest BCUT2D eigenvalue weighted by Crippen LogP contribution is 2.39. The fourth-order valence-corrected chi connectivity index (χ4v) is 3.67. The van der Waals surface area contributed by atoms with Crippen molar-refractivity contribution in [1.82, 2.24) is 9.78 Å². The number of aromatic nitrogens is 2. The highest BCUT2D eigenvalue weighted by atomic mass is 19.2. The summed E-state index contributed by atoms with van der Waals surface area (Å²) in [6.45, 7) is 1.72. The standard InChI is InChI=1S/C23H17F3N2O5/c1-12-5-10-15-17(11-12)21(29)28(14-8-6-13(24)7-9-14)27-20(15)16-3-2-4-18(22(25,30)31)19(16)23(26,32)33/h2-11,30-33H,1H3. The number of hydrogen-bond donors (Lipinski definition) is 4. The van der Waals surface area contributed by atoms with Crippen molar-refractivity contribution in [3.05, 3.63) is 93.5 Å². The average molecular weight is 458 g/mol. The maximum Gasteiger partial charge on any atom is 0.345 e. The molecule has 0 atom stereocenters. The quantitative estimate of drug-likeness (QED) is 0.350. The molecule has 7 nitrogen and oxygen atoms in total. The fourth-order valence-electron chi connectivity index (χ4n) is 3.67. The summed E-state index contributed by atoms with van der Waals surface area (Å²) in [5.41, 5.74) is -2.77. The summed E-state index contributed by atoms with van der Waals surface area (Å²) in [5, 5.41) is 42.8. The molecule has 0 aliphatic rings. The molecule has 10 heteroatoms. The number of hydrogen-bond acceptors (Lipinski definition) is 6. The van der Waals surface area contributed by atoms with Crippen LogP contribution in [0, 0.1) is 12.7 Å². The van der Waals surface area contributed by atoms with Gasteiger partial charge in [0.05, 0.1) is 27.9 Å². The second-order valence-electron chi connectivity index (χ2n) is 7.49. The van der Waals surface area contributed by atoms with Gasteiger partial charge in [-0.3, -0.25) is 4.79 Å². The number of rotatable bonds is 4. The lowest BCUT2D eigenvalue weighted by molar-refractivity contribution is -0.290. The van der Waals surface area contributed by atoms with E-state index in [0.29, 0.717) is 5.56 Å². The third-order valence-electron chi connectivity index (χ3n) is 5.10. The van der Waals surface area contributed by atoms with E-state index < -0.39 is 40.1 Å². The largest absolute Gasteiger partial charge is 0.345 e. The van der Waals surface area contributed by atoms with Crippen molar-refractivity contribution in [3.8, 4) is 16.9 Å². The summed E-state index contributed by atoms with van der Waals surface area (Å²) in [7, 11) is 0. The van der Waals surface area contributed by atoms with Crippen molar-refractivity contribution in [1.29, 1.82) is 0 Å². The highest BCUT2D eigenvalue weighted by Gasteiger charge is 2.40. The number of nitrogens with zero attached hydrogens (tertiary/aromatic N) is 2. The van der Waals surface area contributed by atoms with Crippen molar-refractivity contribution in [2.75, 3.05) is 0 Å². The maximum atomic E-state index is 14.5. The van der Waals surface area contributed by atoms with Crippen LogP contribution in [0.2, 0.25) is 0 Å². The lowest BCUT2D eigenvalue weighted by Crippen LogP contribution is -2.29. The molecule has 0 spiro atoms. The van der Waals surface area contributed by atoms with Crippen molar-refractivity contribution in [2.24, 2.45) is 0 Å². The van der Waals surface area contributed by atoms with Gasteiger partial charge in [-0.25, -0.2) is 4.39 Å². The van der Waals surface area contributed by atoms with E-state index in [9.17, 15) is 38.4 Å². The molecule has 0 unspecified atom stereocenters. The lowest BCUT2D eigenvalue weighted by Gasteiger charge is -2.24. The van der Waals surface area contributed by atoms with Crippen molar-refractivity contribution >= 4 is 10.8 Å². The topological polar surface area (TPSA) is 116 Å². The van der Waals surface area contributed by atoms with E-state index in [1.807, 2.05) is 0 Å². The molecule has 0 aliphatic heterocycles. The normalized spacial score (nSPS) is 12.4. The minimum Gasteiger partial charge on any atom is -0.336 e. The van der Waals surface area contributed by atoms with Crippen LogP contribution in [-0.4, -0.2) is 30.2 Å². The number of benzene rings is 3. The summed E-state index contributed by atoms with van der Waals surface area (Å²) in [5.74, 6) is -0.563. The molecule has 3 aromatic carbocycles. The summed E-state index contributed by atoms with van der Waals surface area (Å²) in [6, 6.07) is 4.06. The Morgan fingerprint density at radius 1 is 0.879 bits per heavy atom. The van der Waals surface area contributed by atoms with E-state index in [-0.39, 0.29) is 22.2 Å². The van der Waals surface area contributed by atoms with Crippen LogP contribution >= 0.6 is 0 Å². The predicted molar refractivity (Wildman–Crippen MR) is 112 cm³/mol. The van der Waals surface area contributed by atoms with E-state index in [1.54, 1.807) is 13.0 Å². The Morgan fingerprint density at radius 2 is 1.55 bits per heavy atom. The van der Waals surface area contributed by atoms with Crippen LogP contribution in [0.25, 0.3) is 27.7 Å². The molecule has 4 aromatic rings. The first kappa shape index (κ1) is 22.6. The Balaban J connectivity index is 2.16. The molecule has 0 saturated carbocycles. The summed E-state index contributed by atoms with van der Waals surface area (Å²) < 4.78 is 42.8. The number of halogens is 3. The van der Waals surface area contributed by atoms with Gasteiger partial charge < -0.3 is 20.4 Å². The van der Waals surface area contributed by atoms with E-state index in [4.69, 9.17) is 0 Å². The van der Waals surface area contributed by atoms with Gasteiger partial charge in [-0.2, -0.15) is 18.6 Å². The van der Waals surface area contributed by atoms with Crippen molar-refractivity contribution in [2.45, 2.75) is 19.0 Å². The van der Waals surface area contributed by atoms with Gasteiger partial charge >= 0.3 is 12.1 Å². The van der Waals surface area contributed by atoms with Crippen LogP contribution in [0.4, 0.5) is 13.2 Å². The van der Waals surface area contributed by atoms with Crippen LogP contribution in [0.1, 0.15) is 16.7 Å². The summed E-state index contributed by atoms with van der Waals surface area (Å²) in [4.78, 5) is 13.2. The minimum atomic E-state index is -4.20. The molecular weight excluding hydrogens is 441 g/mol. The van der Waals surface area contributed by atoms with E-state index in [0.717, 1.165) is 35.0 Å². The molecule has 1 heterocycles. The molecule has 0 bridgehead atoms. The van der Waals surface area contributed by atoms with E-state index in [2.05, 4.69) is 5.10 Å². The number of alkyl halides is 2. The SMILES string of the molecule is Cc1ccc2c(-c3cccc(C(O)(O)F)c3C(O)(O)F)nn(-c3ccc(F)cc3)c(=O)c2c1. The number of fused-ring (bicyclic) bond motifs is 1. The van der Waals surface area contributed by atoms with Crippen LogP contribution in [0.5, 0.6) is 0 Å². The van der Waals surface area contributed by atoms with Gasteiger partial charge in [0.25, 0.3) is 5.56 Å². The van der Waals surface area contributed by atoms with Crippen LogP contribution in [0.15, 0.2) is 65.5 Å². The van der Waals surface area contributed by atoms with Crippen molar-refractivity contribution in [3.63, 3.8) is 0 Å². The van der Waals surface area contributed by atoms with Gasteiger partial charge in [-0.1, -0.05) is 35.9 Å². The number of aliphatic hydroxyl groups is 4. The fraction of sp³-hybridized carbons (Fsp3) is 0.130. The first-order valence-corrected chi connectivity index (χ1v) is 9.59. The first-order valence-electron chi connectivity index (χ1n) is 9.59. The van der Waals surface area contributed by atoms with Gasteiger partial charge in [0.2, 0.25) is 0 Å². The highest BCUT2D eigenvalue weighted by molar-refractivity contribution is 5.95. The van der Waals surface area contributed by atoms with E-state index in [1.165, 1.54) is 24.3 Å². The van der Waals surface area contributed by atoms with Gasteiger partial charge in [-0.05, 0) is 37.3 Å². The molecule has 0 amide bonds. The summed E-state index contributed by atoms with van der Waals surface area (Å²) in [6.07, 6.45) is 0. The molecule has 0 radical (unpaired) electrons. The zero-order valence-corrected chi connectivity index (χ0v) is 17.0. The average Bonchev–Trinajstić information content (AvgIpc) is 2.73. The van der Waals surface area contributed by atoms with Crippen LogP contribution in [-0.2, 0) is 12.1 Å². The van der Waals surface area contributed by atoms with Crippen molar-refractivity contribution < 1.29 is 33.6 Å². The zero-order valence-electron chi connectivity index (χ0n) is 17.0. The Kier molecular flexibility index (Phi) is 5.33. The van der Waals surface area contributed by atoms with Gasteiger partial charge in [0.1, 0.15) is 5.82 Å². The predicted octanol–water partition coefficient (Wildman–Crippen LogP) is 2.63. The molecule has 0 fully saturated rings. The summed E-state index contributed by atoms with van der Waals surface area (Å²) >= 11 is 0. The molecule has 170 valence electrons. The first-order chi connectivity index (χ1) is 15.4. The lowest BCUT2D eigenvalue weighted by atomic mass is 9.93. The third kappa shape index (κ3) is 4.12. The zero-order chi connectivity index (χ0) is 24.1. The molecule has 0 aliphatic carbocycles. The number of aryl methyl sites for hydroxylation is 1. The maximum absolute atomic E-state index is 14.5. The molecule has 33 heavy (non-hydrogen) atoms. The third-order valence-corrected chi connectivity index (χ3v) is 5.10. The Morgan fingerprint density at radius 3 is 2.15 bits per heavy atom. The molecule has 4 N–H and O–H groups in total. The molecular formula is C23H17F3N2O5. The Bertz CT molecular complexity index is 1420. The van der Waals surface area contributed by atoms with E-state index >= 15 is 0 Å². The molecule has 1 aromatic heterocycles. The second kappa shape index (κ2) is 7.78.